The molecule has 2 nitrogen and oxygen atoms in total. The predicted octanol–water partition coefficient (Wildman–Crippen LogP) is 0.998. The maximum absolute atomic E-state index is 12.1. The highest BCUT2D eigenvalue weighted by atomic mass is 19.4. The third-order valence-corrected chi connectivity index (χ3v) is 1.27. The van der Waals surface area contributed by atoms with Gasteiger partial charge in [0.2, 0.25) is 0 Å². The molecule has 5 heteroatoms. The van der Waals surface area contributed by atoms with E-state index in [4.69, 9.17) is 0 Å². The van der Waals surface area contributed by atoms with Crippen LogP contribution < -0.4 is 0 Å². The molecule has 11 heavy (non-hydrogen) atoms. The molecule has 0 aliphatic heterocycles. The van der Waals surface area contributed by atoms with Crippen molar-refractivity contribution in [2.45, 2.75) is 12.3 Å². The minimum absolute atomic E-state index is 1.12. The number of hydrogen-bond donors (Lipinski definition) is 0. The van der Waals surface area contributed by atoms with E-state index in [-0.39, 0.29) is 0 Å². The van der Waals surface area contributed by atoms with E-state index in [9.17, 15) is 13.2 Å². The van der Waals surface area contributed by atoms with Crippen molar-refractivity contribution < 1.29 is 13.2 Å². The maximum Gasteiger partial charge on any atom is 0.417 e. The molecule has 0 fully saturated rings. The third-order valence-electron chi connectivity index (χ3n) is 1.27. The summed E-state index contributed by atoms with van der Waals surface area (Å²) < 4.78 is 36.4. The summed E-state index contributed by atoms with van der Waals surface area (Å²) in [6.07, 6.45) is -5.69. The molecule has 0 heterocycles. The van der Waals surface area contributed by atoms with E-state index in [1.54, 1.807) is 0 Å². The summed E-state index contributed by atoms with van der Waals surface area (Å²) in [4.78, 5) is 2.25. The van der Waals surface area contributed by atoms with Crippen LogP contribution in [-0.4, -0.2) is 50.3 Å². The summed E-state index contributed by atoms with van der Waals surface area (Å²) in [7, 11) is 5.60. The predicted molar refractivity (Wildman–Crippen MR) is 37.2 cm³/mol. The fourth-order valence-electron chi connectivity index (χ4n) is 1.05. The van der Waals surface area contributed by atoms with E-state index < -0.39 is 12.3 Å². The molecule has 0 unspecified atom stereocenters. The zero-order valence-corrected chi connectivity index (χ0v) is 7.11. The standard InChI is InChI=1S/C6H13F3N2/c1-10(2)5(11(3)4)6(7,8)9/h5H,1-4H3. The van der Waals surface area contributed by atoms with Gasteiger partial charge in [-0.05, 0) is 28.2 Å². The van der Waals surface area contributed by atoms with E-state index in [1.807, 2.05) is 0 Å². The van der Waals surface area contributed by atoms with Crippen molar-refractivity contribution in [2.24, 2.45) is 0 Å². The van der Waals surface area contributed by atoms with Gasteiger partial charge in [-0.3, -0.25) is 9.80 Å². The Hall–Kier alpha value is -0.290. The van der Waals surface area contributed by atoms with E-state index in [0.717, 1.165) is 9.80 Å². The molecular weight excluding hydrogens is 157 g/mol. The van der Waals surface area contributed by atoms with Gasteiger partial charge in [-0.25, -0.2) is 0 Å². The van der Waals surface area contributed by atoms with Gasteiger partial charge < -0.3 is 0 Å². The number of rotatable bonds is 2. The summed E-state index contributed by atoms with van der Waals surface area (Å²) in [6.45, 7) is 0. The Kier molecular flexibility index (Phi) is 3.31. The first kappa shape index (κ1) is 10.7. The second-order valence-corrected chi connectivity index (χ2v) is 2.84. The Morgan fingerprint density at radius 3 is 1.18 bits per heavy atom. The van der Waals surface area contributed by atoms with E-state index >= 15 is 0 Å². The van der Waals surface area contributed by atoms with Crippen LogP contribution in [0.5, 0.6) is 0 Å². The lowest BCUT2D eigenvalue weighted by molar-refractivity contribution is -0.210. The van der Waals surface area contributed by atoms with Gasteiger partial charge in [0.15, 0.2) is 6.17 Å². The second-order valence-electron chi connectivity index (χ2n) is 2.84. The number of hydrogen-bond acceptors (Lipinski definition) is 2. The number of halogens is 3. The smallest absolute Gasteiger partial charge is 0.286 e. The molecular formula is C6H13F3N2. The Balaban J connectivity index is 4.35. The SMILES string of the molecule is CN(C)C(N(C)C)C(F)(F)F. The molecule has 0 bridgehead atoms. The molecule has 0 amide bonds. The minimum Gasteiger partial charge on any atom is -0.286 e. The van der Waals surface area contributed by atoms with Crippen LogP contribution in [0.1, 0.15) is 0 Å². The van der Waals surface area contributed by atoms with E-state index in [1.165, 1.54) is 28.2 Å². The molecule has 0 spiro atoms. The largest absolute Gasteiger partial charge is 0.417 e. The fourth-order valence-corrected chi connectivity index (χ4v) is 1.05. The average molecular weight is 170 g/mol. The summed E-state index contributed by atoms with van der Waals surface area (Å²) in [5.41, 5.74) is 0. The van der Waals surface area contributed by atoms with Crippen LogP contribution in [0.3, 0.4) is 0 Å². The number of alkyl halides is 3. The molecule has 0 aromatic rings. The second kappa shape index (κ2) is 3.40. The molecule has 0 saturated carbocycles. The summed E-state index contributed by atoms with van der Waals surface area (Å²) in [5, 5.41) is 0. The van der Waals surface area contributed by atoms with Gasteiger partial charge in [0.1, 0.15) is 0 Å². The highest BCUT2D eigenvalue weighted by Crippen LogP contribution is 2.24. The summed E-state index contributed by atoms with van der Waals surface area (Å²) in [6, 6.07) is 0. The van der Waals surface area contributed by atoms with E-state index in [0.29, 0.717) is 0 Å². The van der Waals surface area contributed by atoms with Gasteiger partial charge in [-0.15, -0.1) is 0 Å². The molecule has 0 aliphatic carbocycles. The molecule has 0 saturated heterocycles. The van der Waals surface area contributed by atoms with Crippen molar-refractivity contribution in [1.29, 1.82) is 0 Å². The highest BCUT2D eigenvalue weighted by Gasteiger charge is 2.42. The van der Waals surface area contributed by atoms with Crippen LogP contribution in [0.15, 0.2) is 0 Å². The molecule has 0 N–H and O–H groups in total. The van der Waals surface area contributed by atoms with Crippen LogP contribution in [0, 0.1) is 0 Å². The summed E-state index contributed by atoms with van der Waals surface area (Å²) >= 11 is 0. The molecule has 0 atom stereocenters. The van der Waals surface area contributed by atoms with Gasteiger partial charge in [0.25, 0.3) is 0 Å². The van der Waals surface area contributed by atoms with Crippen molar-refractivity contribution in [3.63, 3.8) is 0 Å². The van der Waals surface area contributed by atoms with Crippen molar-refractivity contribution in [1.82, 2.24) is 9.80 Å². The van der Waals surface area contributed by atoms with Gasteiger partial charge in [-0.2, -0.15) is 13.2 Å². The Bertz CT molecular complexity index is 111. The van der Waals surface area contributed by atoms with Crippen molar-refractivity contribution in [3.05, 3.63) is 0 Å². The lowest BCUT2D eigenvalue weighted by Crippen LogP contribution is -2.50. The number of nitrogens with zero attached hydrogens (tertiary/aromatic N) is 2. The minimum atomic E-state index is -4.19. The van der Waals surface area contributed by atoms with Gasteiger partial charge in [-0.1, -0.05) is 0 Å². The van der Waals surface area contributed by atoms with Crippen molar-refractivity contribution in [3.8, 4) is 0 Å². The average Bonchev–Trinajstić information content (AvgIpc) is 1.54. The third kappa shape index (κ3) is 3.07. The van der Waals surface area contributed by atoms with Gasteiger partial charge >= 0.3 is 6.18 Å². The topological polar surface area (TPSA) is 6.48 Å². The molecule has 0 rings (SSSR count). The Morgan fingerprint density at radius 1 is 0.909 bits per heavy atom. The first-order chi connectivity index (χ1) is 4.76. The van der Waals surface area contributed by atoms with Crippen LogP contribution >= 0.6 is 0 Å². The monoisotopic (exact) mass is 170 g/mol. The Morgan fingerprint density at radius 2 is 1.18 bits per heavy atom. The highest BCUT2D eigenvalue weighted by molar-refractivity contribution is 4.71. The molecule has 0 aromatic heterocycles. The zero-order valence-electron chi connectivity index (χ0n) is 7.11. The zero-order chi connectivity index (χ0) is 9.23. The first-order valence-corrected chi connectivity index (χ1v) is 3.16. The van der Waals surface area contributed by atoms with Crippen LogP contribution in [0.2, 0.25) is 0 Å². The van der Waals surface area contributed by atoms with Crippen molar-refractivity contribution >= 4 is 0 Å². The lowest BCUT2D eigenvalue weighted by Gasteiger charge is -2.31. The van der Waals surface area contributed by atoms with Crippen LogP contribution in [0.4, 0.5) is 13.2 Å². The van der Waals surface area contributed by atoms with Gasteiger partial charge in [0, 0.05) is 0 Å². The summed E-state index contributed by atoms with van der Waals surface area (Å²) in [5.74, 6) is 0. The van der Waals surface area contributed by atoms with Crippen LogP contribution in [0.25, 0.3) is 0 Å². The first-order valence-electron chi connectivity index (χ1n) is 3.16. The Labute approximate surface area is 64.6 Å². The molecule has 0 aliphatic rings. The normalized spacial score (nSPS) is 13.6. The molecule has 68 valence electrons. The van der Waals surface area contributed by atoms with Crippen molar-refractivity contribution in [2.75, 3.05) is 28.2 Å². The van der Waals surface area contributed by atoms with Gasteiger partial charge in [0.05, 0.1) is 0 Å². The van der Waals surface area contributed by atoms with E-state index in [2.05, 4.69) is 0 Å². The molecule has 0 aromatic carbocycles. The van der Waals surface area contributed by atoms with Crippen LogP contribution in [-0.2, 0) is 0 Å². The molecule has 0 radical (unpaired) electrons. The quantitative estimate of drug-likeness (QED) is 0.570. The lowest BCUT2D eigenvalue weighted by atomic mass is 10.4. The fraction of sp³-hybridized carbons (Fsp3) is 1.00. The maximum atomic E-state index is 12.1.